The molecule has 0 unspecified atom stereocenters. The Morgan fingerprint density at radius 1 is 1.29 bits per heavy atom. The highest BCUT2D eigenvalue weighted by molar-refractivity contribution is 6.05. The standard InChI is InChI=1S/C21H25N7O3/c1-2-31-19(29)12-28-11-18(24-26-28)14-3-4-15-16(9-14)23-25-20(15)21(30)22-17-10-27-7-5-13(17)6-8-27/h3-4,9,11,13,17H,2,5-8,10,12H2,1H3,(H,22,30)(H,23,25)/t17-/m0/s1. The first kappa shape index (κ1) is 19.7. The fourth-order valence-corrected chi connectivity index (χ4v) is 4.56. The number of esters is 1. The summed E-state index contributed by atoms with van der Waals surface area (Å²) in [6.07, 6.45) is 3.98. The number of ether oxygens (including phenoxy) is 1. The zero-order valence-corrected chi connectivity index (χ0v) is 17.4. The number of benzene rings is 1. The first-order valence-corrected chi connectivity index (χ1v) is 10.7. The van der Waals surface area contributed by atoms with E-state index in [-0.39, 0.29) is 24.5 Å². The molecule has 0 aliphatic carbocycles. The number of rotatable bonds is 6. The second-order valence-corrected chi connectivity index (χ2v) is 8.16. The normalized spacial score (nSPS) is 22.5. The van der Waals surface area contributed by atoms with Crippen molar-refractivity contribution in [3.05, 3.63) is 30.1 Å². The minimum absolute atomic E-state index is 0.0110. The fourth-order valence-electron chi connectivity index (χ4n) is 4.56. The van der Waals surface area contributed by atoms with E-state index in [0.717, 1.165) is 48.9 Å². The largest absolute Gasteiger partial charge is 0.465 e. The SMILES string of the molecule is CCOC(=O)Cn1cc(-c2ccc3c(C(=O)N[C@H]4CN5CCC4CC5)n[nH]c3c2)nn1. The maximum absolute atomic E-state index is 12.9. The molecule has 10 heteroatoms. The Labute approximate surface area is 178 Å². The highest BCUT2D eigenvalue weighted by Gasteiger charge is 2.35. The molecule has 1 aromatic carbocycles. The van der Waals surface area contributed by atoms with Gasteiger partial charge in [0.25, 0.3) is 5.91 Å². The highest BCUT2D eigenvalue weighted by Crippen LogP contribution is 2.28. The van der Waals surface area contributed by atoms with Crippen LogP contribution in [-0.4, -0.2) is 74.3 Å². The molecule has 2 bridgehead atoms. The number of nitrogens with one attached hydrogen (secondary N) is 2. The Hall–Kier alpha value is -3.27. The van der Waals surface area contributed by atoms with Crippen LogP contribution in [-0.2, 0) is 16.1 Å². The van der Waals surface area contributed by atoms with Gasteiger partial charge >= 0.3 is 5.97 Å². The van der Waals surface area contributed by atoms with Gasteiger partial charge in [-0.15, -0.1) is 5.10 Å². The minimum atomic E-state index is -0.360. The summed E-state index contributed by atoms with van der Waals surface area (Å²) in [5, 5.41) is 19.3. The van der Waals surface area contributed by atoms with Crippen molar-refractivity contribution in [2.24, 2.45) is 5.92 Å². The molecule has 2 aromatic heterocycles. The number of amides is 1. The quantitative estimate of drug-likeness (QED) is 0.572. The van der Waals surface area contributed by atoms with E-state index in [2.05, 4.69) is 30.7 Å². The molecule has 0 saturated carbocycles. The minimum Gasteiger partial charge on any atom is -0.465 e. The van der Waals surface area contributed by atoms with Gasteiger partial charge in [-0.05, 0) is 50.9 Å². The first-order valence-electron chi connectivity index (χ1n) is 10.7. The molecule has 162 valence electrons. The summed E-state index contributed by atoms with van der Waals surface area (Å²) in [7, 11) is 0. The lowest BCUT2D eigenvalue weighted by Crippen LogP contribution is -2.57. The van der Waals surface area contributed by atoms with Gasteiger partial charge < -0.3 is 15.0 Å². The highest BCUT2D eigenvalue weighted by atomic mass is 16.5. The van der Waals surface area contributed by atoms with Gasteiger partial charge in [-0.25, -0.2) is 4.68 Å². The monoisotopic (exact) mass is 423 g/mol. The van der Waals surface area contributed by atoms with Crippen LogP contribution in [0.5, 0.6) is 0 Å². The lowest BCUT2D eigenvalue weighted by molar-refractivity contribution is -0.144. The van der Waals surface area contributed by atoms with Crippen molar-refractivity contribution in [2.75, 3.05) is 26.2 Å². The number of hydrogen-bond acceptors (Lipinski definition) is 7. The maximum Gasteiger partial charge on any atom is 0.327 e. The molecule has 3 saturated heterocycles. The lowest BCUT2D eigenvalue weighted by atomic mass is 9.84. The zero-order chi connectivity index (χ0) is 21.4. The van der Waals surface area contributed by atoms with Gasteiger partial charge in [0.15, 0.2) is 5.69 Å². The summed E-state index contributed by atoms with van der Waals surface area (Å²) in [6.45, 7) is 5.29. The lowest BCUT2D eigenvalue weighted by Gasteiger charge is -2.44. The Morgan fingerprint density at radius 3 is 2.87 bits per heavy atom. The molecule has 0 radical (unpaired) electrons. The predicted octanol–water partition coefficient (Wildman–Crippen LogP) is 1.21. The summed E-state index contributed by atoms with van der Waals surface area (Å²) in [4.78, 5) is 26.9. The Balaban J connectivity index is 1.31. The number of fused-ring (bicyclic) bond motifs is 4. The first-order chi connectivity index (χ1) is 15.1. The Morgan fingerprint density at radius 2 is 2.13 bits per heavy atom. The van der Waals surface area contributed by atoms with Crippen LogP contribution in [0.4, 0.5) is 0 Å². The van der Waals surface area contributed by atoms with Gasteiger partial charge in [-0.1, -0.05) is 11.3 Å². The number of carbonyl (C=O) groups excluding carboxylic acids is 2. The number of aromatic amines is 1. The molecule has 6 rings (SSSR count). The van der Waals surface area contributed by atoms with E-state index >= 15 is 0 Å². The van der Waals surface area contributed by atoms with Crippen molar-refractivity contribution in [1.29, 1.82) is 0 Å². The van der Waals surface area contributed by atoms with Crippen molar-refractivity contribution in [3.8, 4) is 11.3 Å². The molecule has 5 heterocycles. The number of nitrogens with zero attached hydrogens (tertiary/aromatic N) is 5. The van der Waals surface area contributed by atoms with E-state index in [0.29, 0.717) is 23.9 Å². The van der Waals surface area contributed by atoms with Crippen molar-refractivity contribution in [2.45, 2.75) is 32.4 Å². The van der Waals surface area contributed by atoms with E-state index in [1.54, 1.807) is 13.1 Å². The van der Waals surface area contributed by atoms with Crippen LogP contribution < -0.4 is 5.32 Å². The van der Waals surface area contributed by atoms with Crippen LogP contribution in [0.15, 0.2) is 24.4 Å². The molecular weight excluding hydrogens is 398 g/mol. The molecule has 1 atom stereocenters. The summed E-state index contributed by atoms with van der Waals surface area (Å²) >= 11 is 0. The van der Waals surface area contributed by atoms with Crippen molar-refractivity contribution in [1.82, 2.24) is 35.4 Å². The maximum atomic E-state index is 12.9. The van der Waals surface area contributed by atoms with Crippen LogP contribution >= 0.6 is 0 Å². The van der Waals surface area contributed by atoms with Crippen molar-refractivity contribution < 1.29 is 14.3 Å². The van der Waals surface area contributed by atoms with Gasteiger partial charge in [-0.3, -0.25) is 14.7 Å². The molecule has 3 aliphatic heterocycles. The van der Waals surface area contributed by atoms with Gasteiger partial charge in [0.1, 0.15) is 12.2 Å². The van der Waals surface area contributed by atoms with Gasteiger partial charge in [0.05, 0.1) is 18.3 Å². The van der Waals surface area contributed by atoms with Crippen LogP contribution in [0.25, 0.3) is 22.2 Å². The fraction of sp³-hybridized carbons (Fsp3) is 0.476. The molecule has 3 aliphatic rings. The van der Waals surface area contributed by atoms with Crippen molar-refractivity contribution >= 4 is 22.8 Å². The predicted molar refractivity (Wildman–Crippen MR) is 112 cm³/mol. The van der Waals surface area contributed by atoms with E-state index in [9.17, 15) is 9.59 Å². The molecule has 3 aromatic rings. The second kappa shape index (κ2) is 8.10. The molecule has 0 spiro atoms. The number of aromatic nitrogens is 5. The number of piperidine rings is 3. The van der Waals surface area contributed by atoms with Crippen LogP contribution in [0.3, 0.4) is 0 Å². The number of H-pyrrole nitrogens is 1. The third-order valence-corrected chi connectivity index (χ3v) is 6.18. The molecule has 10 nitrogen and oxygen atoms in total. The van der Waals surface area contributed by atoms with Crippen LogP contribution in [0.2, 0.25) is 0 Å². The topological polar surface area (TPSA) is 118 Å². The van der Waals surface area contributed by atoms with Gasteiger partial charge in [0, 0.05) is 23.5 Å². The van der Waals surface area contributed by atoms with E-state index in [4.69, 9.17) is 4.74 Å². The van der Waals surface area contributed by atoms with Gasteiger partial charge in [-0.2, -0.15) is 5.10 Å². The third kappa shape index (κ3) is 3.90. The second-order valence-electron chi connectivity index (χ2n) is 8.16. The number of carbonyl (C=O) groups is 2. The summed E-state index contributed by atoms with van der Waals surface area (Å²) < 4.78 is 6.37. The average Bonchev–Trinajstić information content (AvgIpc) is 3.41. The van der Waals surface area contributed by atoms with Gasteiger partial charge in [0.2, 0.25) is 0 Å². The Bertz CT molecular complexity index is 1110. The van der Waals surface area contributed by atoms with E-state index in [1.807, 2.05) is 18.2 Å². The molecule has 2 N–H and O–H groups in total. The molecule has 31 heavy (non-hydrogen) atoms. The molecular formula is C21H25N7O3. The average molecular weight is 423 g/mol. The summed E-state index contributed by atoms with van der Waals surface area (Å²) in [5.74, 6) is 0.0581. The third-order valence-electron chi connectivity index (χ3n) is 6.18. The Kier molecular flexibility index (Phi) is 5.14. The summed E-state index contributed by atoms with van der Waals surface area (Å²) in [5.41, 5.74) is 2.59. The van der Waals surface area contributed by atoms with Crippen LogP contribution in [0, 0.1) is 5.92 Å². The van der Waals surface area contributed by atoms with E-state index in [1.165, 1.54) is 4.68 Å². The van der Waals surface area contributed by atoms with E-state index < -0.39 is 0 Å². The summed E-state index contributed by atoms with van der Waals surface area (Å²) in [6, 6.07) is 5.81. The molecule has 3 fully saturated rings. The molecule has 1 amide bonds. The van der Waals surface area contributed by atoms with Crippen molar-refractivity contribution in [3.63, 3.8) is 0 Å². The van der Waals surface area contributed by atoms with Crippen LogP contribution in [0.1, 0.15) is 30.3 Å². The number of hydrogen-bond donors (Lipinski definition) is 2. The zero-order valence-electron chi connectivity index (χ0n) is 17.4. The smallest absolute Gasteiger partial charge is 0.327 e.